The summed E-state index contributed by atoms with van der Waals surface area (Å²) in [6.45, 7) is 0. The van der Waals surface area contributed by atoms with Gasteiger partial charge in [-0.2, -0.15) is 0 Å². The van der Waals surface area contributed by atoms with E-state index in [2.05, 4.69) is 9.97 Å². The van der Waals surface area contributed by atoms with E-state index in [0.717, 1.165) is 5.56 Å². The largest absolute Gasteiger partial charge is 0.463 e. The Kier molecular flexibility index (Phi) is 2.19. The molecule has 0 aliphatic heterocycles. The average Bonchev–Trinajstić information content (AvgIpc) is 3.00. The number of rotatable bonds is 2. The lowest BCUT2D eigenvalue weighted by Crippen LogP contribution is -1.82. The minimum Gasteiger partial charge on any atom is -0.463 e. The molecule has 0 atom stereocenters. The fourth-order valence-electron chi connectivity index (χ4n) is 1.77. The molecule has 0 aliphatic rings. The summed E-state index contributed by atoms with van der Waals surface area (Å²) in [5.41, 5.74) is 1.34. The predicted molar refractivity (Wildman–Crippen MR) is 61.9 cm³/mol. The van der Waals surface area contributed by atoms with Gasteiger partial charge >= 0.3 is 0 Å². The van der Waals surface area contributed by atoms with E-state index in [4.69, 9.17) is 4.42 Å². The Morgan fingerprint density at radius 3 is 2.76 bits per heavy atom. The van der Waals surface area contributed by atoms with E-state index in [1.54, 1.807) is 36.9 Å². The van der Waals surface area contributed by atoms with E-state index in [1.165, 1.54) is 6.07 Å². The van der Waals surface area contributed by atoms with Gasteiger partial charge in [0.05, 0.1) is 17.4 Å². The van der Waals surface area contributed by atoms with Crippen molar-refractivity contribution in [1.29, 1.82) is 0 Å². The quantitative estimate of drug-likeness (QED) is 0.725. The first-order valence-corrected chi connectivity index (χ1v) is 5.20. The number of benzene rings is 1. The number of aromatic amines is 1. The second-order valence-corrected chi connectivity index (χ2v) is 3.60. The molecule has 2 aromatic heterocycles. The molecule has 0 saturated carbocycles. The van der Waals surface area contributed by atoms with Gasteiger partial charge in [0.1, 0.15) is 11.6 Å². The van der Waals surface area contributed by atoms with E-state index >= 15 is 0 Å². The molecule has 1 aromatic carbocycles. The molecule has 17 heavy (non-hydrogen) atoms. The minimum absolute atomic E-state index is 0.0599. The number of hydrogen-bond acceptors (Lipinski definition) is 2. The van der Waals surface area contributed by atoms with Gasteiger partial charge in [-0.1, -0.05) is 12.1 Å². The van der Waals surface area contributed by atoms with Crippen LogP contribution in [0.1, 0.15) is 0 Å². The van der Waals surface area contributed by atoms with Crippen LogP contribution in [-0.4, -0.2) is 9.97 Å². The topological polar surface area (TPSA) is 61.7 Å². The Morgan fingerprint density at radius 2 is 2.00 bits per heavy atom. The highest BCUT2D eigenvalue weighted by Crippen LogP contribution is 2.36. The zero-order valence-electron chi connectivity index (χ0n) is 8.88. The van der Waals surface area contributed by atoms with Gasteiger partial charge in [0, 0.05) is 12.4 Å². The van der Waals surface area contributed by atoms with E-state index in [0.29, 0.717) is 17.1 Å². The lowest BCUT2D eigenvalue weighted by molar-refractivity contribution is 0.355. The van der Waals surface area contributed by atoms with Gasteiger partial charge in [0.25, 0.3) is 0 Å². The lowest BCUT2D eigenvalue weighted by atomic mass is 10.1. The maximum absolute atomic E-state index is 11.7. The molecule has 0 aliphatic carbocycles. The number of furan rings is 1. The highest BCUT2D eigenvalue weighted by Gasteiger charge is 2.16. The van der Waals surface area contributed by atoms with E-state index in [-0.39, 0.29) is 5.75 Å². The van der Waals surface area contributed by atoms with Gasteiger partial charge < -0.3 is 9.40 Å². The van der Waals surface area contributed by atoms with Crippen molar-refractivity contribution in [3.63, 3.8) is 0 Å². The number of hydrogen-bond donors (Lipinski definition) is 1. The first kappa shape index (κ1) is 9.72. The molecule has 0 spiro atoms. The smallest absolute Gasteiger partial charge is 0.189 e. The first-order chi connectivity index (χ1) is 8.36. The normalized spacial score (nSPS) is 10.6. The number of imidazole rings is 1. The van der Waals surface area contributed by atoms with Crippen molar-refractivity contribution in [2.75, 3.05) is 0 Å². The molecule has 0 saturated heterocycles. The van der Waals surface area contributed by atoms with Crippen molar-refractivity contribution in [3.05, 3.63) is 49.0 Å². The van der Waals surface area contributed by atoms with E-state index in [1.807, 2.05) is 6.07 Å². The van der Waals surface area contributed by atoms with Crippen LogP contribution in [0, 0.1) is 0 Å². The third-order valence-electron chi connectivity index (χ3n) is 2.55. The molecule has 4 heteroatoms. The predicted octanol–water partition coefficient (Wildman–Crippen LogP) is 3.48. The number of para-hydroxylation sites is 1. The van der Waals surface area contributed by atoms with Crippen LogP contribution in [0.5, 0.6) is 5.75 Å². The van der Waals surface area contributed by atoms with Gasteiger partial charge in [0.2, 0.25) is 0 Å². The Bertz CT molecular complexity index is 626. The van der Waals surface area contributed by atoms with Crippen LogP contribution >= 0.6 is 0 Å². The summed E-state index contributed by atoms with van der Waals surface area (Å²) < 4.78 is 5.40. The first-order valence-electron chi connectivity index (χ1n) is 5.20. The average molecular weight is 225 g/mol. The SMILES string of the molecule is [O]c1ccccc1-c1occc1-c1ncc[nH]1. The third kappa shape index (κ3) is 1.59. The van der Waals surface area contributed by atoms with Gasteiger partial charge in [-0.05, 0) is 18.2 Å². The minimum atomic E-state index is -0.0599. The summed E-state index contributed by atoms with van der Waals surface area (Å²) in [7, 11) is 0. The second kappa shape index (κ2) is 3.83. The van der Waals surface area contributed by atoms with Crippen molar-refractivity contribution < 1.29 is 9.52 Å². The number of nitrogens with one attached hydrogen (secondary N) is 1. The molecular formula is C13H9N2O2. The fraction of sp³-hybridized carbons (Fsp3) is 0. The molecule has 3 aromatic rings. The summed E-state index contributed by atoms with van der Waals surface area (Å²) in [6.07, 6.45) is 4.95. The van der Waals surface area contributed by atoms with Gasteiger partial charge in [0.15, 0.2) is 5.75 Å². The van der Waals surface area contributed by atoms with Crippen molar-refractivity contribution in [3.8, 4) is 28.5 Å². The Balaban J connectivity index is 2.17. The van der Waals surface area contributed by atoms with Crippen LogP contribution in [0.25, 0.3) is 22.7 Å². The zero-order valence-corrected chi connectivity index (χ0v) is 8.88. The monoisotopic (exact) mass is 225 g/mol. The van der Waals surface area contributed by atoms with Crippen LogP contribution < -0.4 is 0 Å². The maximum atomic E-state index is 11.7. The van der Waals surface area contributed by atoms with Gasteiger partial charge in [-0.15, -0.1) is 0 Å². The molecule has 0 amide bonds. The Hall–Kier alpha value is -2.49. The van der Waals surface area contributed by atoms with Crippen molar-refractivity contribution in [2.45, 2.75) is 0 Å². The molecule has 0 fully saturated rings. The summed E-state index contributed by atoms with van der Waals surface area (Å²) in [4.78, 5) is 7.15. The van der Waals surface area contributed by atoms with Gasteiger partial charge in [-0.3, -0.25) is 5.11 Å². The van der Waals surface area contributed by atoms with Crippen molar-refractivity contribution in [2.24, 2.45) is 0 Å². The van der Waals surface area contributed by atoms with Crippen molar-refractivity contribution >= 4 is 0 Å². The summed E-state index contributed by atoms with van der Waals surface area (Å²) in [6, 6.07) is 8.57. The standard InChI is InChI=1S/C13H9N2O2/c16-11-4-2-1-3-9(11)12-10(5-8-17-12)13-14-6-7-15-13/h1-8H,(H,14,15). The lowest BCUT2D eigenvalue weighted by Gasteiger charge is -2.01. The second-order valence-electron chi connectivity index (χ2n) is 3.60. The Morgan fingerprint density at radius 1 is 1.12 bits per heavy atom. The molecule has 0 bridgehead atoms. The van der Waals surface area contributed by atoms with Gasteiger partial charge in [-0.25, -0.2) is 4.98 Å². The molecule has 1 N–H and O–H groups in total. The molecule has 83 valence electrons. The summed E-state index contributed by atoms with van der Waals surface area (Å²) in [5, 5.41) is 11.7. The zero-order chi connectivity index (χ0) is 11.7. The molecular weight excluding hydrogens is 216 g/mol. The third-order valence-corrected chi connectivity index (χ3v) is 2.55. The molecule has 3 rings (SSSR count). The summed E-state index contributed by atoms with van der Waals surface area (Å²) >= 11 is 0. The number of nitrogens with zero attached hydrogens (tertiary/aromatic N) is 1. The molecule has 2 heterocycles. The number of aromatic nitrogens is 2. The van der Waals surface area contributed by atoms with Crippen LogP contribution in [0.4, 0.5) is 0 Å². The van der Waals surface area contributed by atoms with Crippen LogP contribution in [0.2, 0.25) is 0 Å². The van der Waals surface area contributed by atoms with E-state index in [9.17, 15) is 5.11 Å². The van der Waals surface area contributed by atoms with Crippen molar-refractivity contribution in [1.82, 2.24) is 9.97 Å². The van der Waals surface area contributed by atoms with Crippen LogP contribution in [0.3, 0.4) is 0 Å². The highest BCUT2D eigenvalue weighted by molar-refractivity contribution is 5.79. The van der Waals surface area contributed by atoms with E-state index < -0.39 is 0 Å². The van der Waals surface area contributed by atoms with Crippen LogP contribution in [-0.2, 0) is 5.11 Å². The molecule has 1 radical (unpaired) electrons. The maximum Gasteiger partial charge on any atom is 0.189 e. The summed E-state index contributed by atoms with van der Waals surface area (Å²) in [5.74, 6) is 1.18. The number of H-pyrrole nitrogens is 1. The highest BCUT2D eigenvalue weighted by atomic mass is 16.3. The fourth-order valence-corrected chi connectivity index (χ4v) is 1.77. The molecule has 4 nitrogen and oxygen atoms in total. The molecule has 0 unspecified atom stereocenters. The Labute approximate surface area is 97.6 Å². The van der Waals surface area contributed by atoms with Crippen LogP contribution in [0.15, 0.2) is 53.4 Å².